The lowest BCUT2D eigenvalue weighted by molar-refractivity contribution is -0.146. The number of carbonyl (C=O) groups excluding carboxylic acids is 1. The molecule has 0 radical (unpaired) electrons. The van der Waals surface area contributed by atoms with Gasteiger partial charge in [0.25, 0.3) is 0 Å². The van der Waals surface area contributed by atoms with Gasteiger partial charge in [0.15, 0.2) is 0 Å². The molecule has 0 bridgehead atoms. The zero-order valence-corrected chi connectivity index (χ0v) is 12.2. The standard InChI is InChI=1S/C15H21N3O3/c1-17(13-6-3-2-4-7-13)9-5-8-16-15(21)18-10-12(11-18)14(19)20/h2-4,6-7,12H,5,8-11H2,1H3,(H,16,21)(H,19,20). The Balaban J connectivity index is 1.60. The van der Waals surface area contributed by atoms with E-state index in [0.29, 0.717) is 19.6 Å². The molecule has 1 fully saturated rings. The molecule has 6 heteroatoms. The van der Waals surface area contributed by atoms with Crippen LogP contribution in [0.2, 0.25) is 0 Å². The Labute approximate surface area is 124 Å². The first-order valence-electron chi connectivity index (χ1n) is 7.09. The average molecular weight is 291 g/mol. The predicted octanol–water partition coefficient (Wildman–Crippen LogP) is 1.24. The molecule has 0 aromatic heterocycles. The minimum absolute atomic E-state index is 0.171. The summed E-state index contributed by atoms with van der Waals surface area (Å²) in [7, 11) is 2.02. The van der Waals surface area contributed by atoms with E-state index in [2.05, 4.69) is 10.2 Å². The van der Waals surface area contributed by atoms with Gasteiger partial charge in [-0.2, -0.15) is 0 Å². The van der Waals surface area contributed by atoms with Gasteiger partial charge in [0.2, 0.25) is 0 Å². The van der Waals surface area contributed by atoms with Gasteiger partial charge < -0.3 is 20.2 Å². The van der Waals surface area contributed by atoms with Crippen LogP contribution in [0.5, 0.6) is 0 Å². The van der Waals surface area contributed by atoms with E-state index in [1.165, 1.54) is 4.90 Å². The van der Waals surface area contributed by atoms with Gasteiger partial charge >= 0.3 is 12.0 Å². The van der Waals surface area contributed by atoms with Gasteiger partial charge in [-0.25, -0.2) is 4.79 Å². The van der Waals surface area contributed by atoms with E-state index in [9.17, 15) is 9.59 Å². The highest BCUT2D eigenvalue weighted by atomic mass is 16.4. The number of carbonyl (C=O) groups is 2. The molecule has 0 unspecified atom stereocenters. The minimum atomic E-state index is -0.830. The Morgan fingerprint density at radius 3 is 2.62 bits per heavy atom. The van der Waals surface area contributed by atoms with Crippen LogP contribution in [0.4, 0.5) is 10.5 Å². The summed E-state index contributed by atoms with van der Waals surface area (Å²) in [5, 5.41) is 11.6. The summed E-state index contributed by atoms with van der Waals surface area (Å²) >= 11 is 0. The lowest BCUT2D eigenvalue weighted by Crippen LogP contribution is -2.56. The lowest BCUT2D eigenvalue weighted by Gasteiger charge is -2.36. The van der Waals surface area contributed by atoms with E-state index in [1.807, 2.05) is 37.4 Å². The zero-order chi connectivity index (χ0) is 15.2. The second-order valence-electron chi connectivity index (χ2n) is 5.28. The number of amides is 2. The molecule has 1 aromatic rings. The van der Waals surface area contributed by atoms with Crippen molar-refractivity contribution in [3.63, 3.8) is 0 Å². The number of rotatable bonds is 6. The highest BCUT2D eigenvalue weighted by Crippen LogP contribution is 2.15. The fourth-order valence-corrected chi connectivity index (χ4v) is 2.24. The molecule has 0 spiro atoms. The molecule has 2 N–H and O–H groups in total. The van der Waals surface area contributed by atoms with Crippen LogP contribution in [-0.2, 0) is 4.79 Å². The van der Waals surface area contributed by atoms with Crippen molar-refractivity contribution in [2.45, 2.75) is 6.42 Å². The average Bonchev–Trinajstić information content (AvgIpc) is 2.42. The topological polar surface area (TPSA) is 72.9 Å². The molecule has 1 aromatic carbocycles. The van der Waals surface area contributed by atoms with Crippen molar-refractivity contribution in [3.8, 4) is 0 Å². The fraction of sp³-hybridized carbons (Fsp3) is 0.467. The molecular weight excluding hydrogens is 270 g/mol. The van der Waals surface area contributed by atoms with Gasteiger partial charge in [0.05, 0.1) is 5.92 Å². The third-order valence-corrected chi connectivity index (χ3v) is 3.66. The van der Waals surface area contributed by atoms with Crippen LogP contribution in [0.3, 0.4) is 0 Å². The second kappa shape index (κ2) is 6.97. The van der Waals surface area contributed by atoms with E-state index in [1.54, 1.807) is 0 Å². The third-order valence-electron chi connectivity index (χ3n) is 3.66. The normalized spacial score (nSPS) is 14.4. The summed E-state index contributed by atoms with van der Waals surface area (Å²) < 4.78 is 0. The van der Waals surface area contributed by atoms with Gasteiger partial charge in [-0.15, -0.1) is 0 Å². The quantitative estimate of drug-likeness (QED) is 0.773. The zero-order valence-electron chi connectivity index (χ0n) is 12.2. The molecule has 114 valence electrons. The van der Waals surface area contributed by atoms with E-state index >= 15 is 0 Å². The third kappa shape index (κ3) is 4.11. The van der Waals surface area contributed by atoms with Crippen molar-refractivity contribution in [1.29, 1.82) is 0 Å². The lowest BCUT2D eigenvalue weighted by atomic mass is 10.0. The number of carboxylic acids is 1. The number of nitrogens with zero attached hydrogens (tertiary/aromatic N) is 2. The molecule has 1 aliphatic rings. The first-order chi connectivity index (χ1) is 10.1. The number of hydrogen-bond donors (Lipinski definition) is 2. The Hall–Kier alpha value is -2.24. The van der Waals surface area contributed by atoms with Crippen LogP contribution in [0, 0.1) is 5.92 Å². The maximum Gasteiger partial charge on any atom is 0.317 e. The van der Waals surface area contributed by atoms with Crippen molar-refractivity contribution in [2.75, 3.05) is 38.1 Å². The molecule has 0 atom stereocenters. The SMILES string of the molecule is CN(CCCNC(=O)N1CC(C(=O)O)C1)c1ccccc1. The predicted molar refractivity (Wildman–Crippen MR) is 80.4 cm³/mol. The first-order valence-corrected chi connectivity index (χ1v) is 7.09. The van der Waals surface area contributed by atoms with Crippen LogP contribution in [0.1, 0.15) is 6.42 Å². The van der Waals surface area contributed by atoms with Crippen molar-refractivity contribution in [2.24, 2.45) is 5.92 Å². The maximum atomic E-state index is 11.7. The molecular formula is C15H21N3O3. The molecule has 1 heterocycles. The minimum Gasteiger partial charge on any atom is -0.481 e. The Morgan fingerprint density at radius 2 is 2.00 bits per heavy atom. The highest BCUT2D eigenvalue weighted by Gasteiger charge is 2.35. The van der Waals surface area contributed by atoms with E-state index < -0.39 is 11.9 Å². The molecule has 1 saturated heterocycles. The Bertz CT molecular complexity index is 486. The molecule has 2 rings (SSSR count). The number of benzene rings is 1. The van der Waals surface area contributed by atoms with Crippen LogP contribution in [0.15, 0.2) is 30.3 Å². The number of para-hydroxylation sites is 1. The molecule has 6 nitrogen and oxygen atoms in total. The summed E-state index contributed by atoms with van der Waals surface area (Å²) in [6.07, 6.45) is 0.841. The van der Waals surface area contributed by atoms with Crippen LogP contribution in [0.25, 0.3) is 0 Å². The van der Waals surface area contributed by atoms with E-state index in [0.717, 1.165) is 18.7 Å². The van der Waals surface area contributed by atoms with Gasteiger partial charge in [-0.3, -0.25) is 4.79 Å². The second-order valence-corrected chi connectivity index (χ2v) is 5.28. The Morgan fingerprint density at radius 1 is 1.33 bits per heavy atom. The van der Waals surface area contributed by atoms with Gasteiger partial charge in [-0.05, 0) is 18.6 Å². The number of aliphatic carboxylic acids is 1. The number of carboxylic acid groups (broad SMARTS) is 1. The van der Waals surface area contributed by atoms with Crippen molar-refractivity contribution in [3.05, 3.63) is 30.3 Å². The van der Waals surface area contributed by atoms with Crippen LogP contribution in [-0.4, -0.2) is 55.2 Å². The number of likely N-dealkylation sites (tertiary alicyclic amines) is 1. The largest absolute Gasteiger partial charge is 0.481 e. The van der Waals surface area contributed by atoms with Crippen molar-refractivity contribution >= 4 is 17.7 Å². The van der Waals surface area contributed by atoms with Crippen LogP contribution < -0.4 is 10.2 Å². The summed E-state index contributed by atoms with van der Waals surface area (Å²) in [6.45, 7) is 2.06. The van der Waals surface area contributed by atoms with Crippen molar-refractivity contribution in [1.82, 2.24) is 10.2 Å². The van der Waals surface area contributed by atoms with Gasteiger partial charge in [0.1, 0.15) is 0 Å². The van der Waals surface area contributed by atoms with E-state index in [-0.39, 0.29) is 6.03 Å². The monoisotopic (exact) mass is 291 g/mol. The Kier molecular flexibility index (Phi) is 5.03. The van der Waals surface area contributed by atoms with E-state index in [4.69, 9.17) is 5.11 Å². The summed E-state index contributed by atoms with van der Waals surface area (Å²) in [5.74, 6) is -1.23. The summed E-state index contributed by atoms with van der Waals surface area (Å²) in [5.41, 5.74) is 1.15. The molecule has 21 heavy (non-hydrogen) atoms. The molecule has 0 saturated carbocycles. The van der Waals surface area contributed by atoms with Crippen LogP contribution >= 0.6 is 0 Å². The number of hydrogen-bond acceptors (Lipinski definition) is 3. The molecule has 1 aliphatic heterocycles. The molecule has 0 aliphatic carbocycles. The summed E-state index contributed by atoms with van der Waals surface area (Å²) in [4.78, 5) is 26.0. The van der Waals surface area contributed by atoms with Gasteiger partial charge in [0, 0.05) is 38.9 Å². The maximum absolute atomic E-state index is 11.7. The number of anilines is 1. The number of urea groups is 1. The summed E-state index contributed by atoms with van der Waals surface area (Å²) in [6, 6.07) is 9.90. The smallest absolute Gasteiger partial charge is 0.317 e. The van der Waals surface area contributed by atoms with Gasteiger partial charge in [-0.1, -0.05) is 18.2 Å². The van der Waals surface area contributed by atoms with Crippen molar-refractivity contribution < 1.29 is 14.7 Å². The number of nitrogens with one attached hydrogen (secondary N) is 1. The highest BCUT2D eigenvalue weighted by molar-refractivity contribution is 5.79. The first kappa shape index (κ1) is 15.2. The fourth-order valence-electron chi connectivity index (χ4n) is 2.24. The molecule has 2 amide bonds.